The van der Waals surface area contributed by atoms with E-state index in [2.05, 4.69) is 9.88 Å². The van der Waals surface area contributed by atoms with Crippen LogP contribution < -0.4 is 10.6 Å². The summed E-state index contributed by atoms with van der Waals surface area (Å²) in [5, 5.41) is 11.4. The molecule has 2 heterocycles. The summed E-state index contributed by atoms with van der Waals surface area (Å²) < 4.78 is 5.37. The summed E-state index contributed by atoms with van der Waals surface area (Å²) >= 11 is 1.42. The Hall–Kier alpha value is -1.86. The van der Waals surface area contributed by atoms with Crippen molar-refractivity contribution < 1.29 is 14.3 Å². The lowest BCUT2D eigenvalue weighted by atomic mass is 10.2. The van der Waals surface area contributed by atoms with E-state index >= 15 is 0 Å². The van der Waals surface area contributed by atoms with Crippen LogP contribution in [0.2, 0.25) is 0 Å². The zero-order valence-electron chi connectivity index (χ0n) is 10.7. The molecule has 1 atom stereocenters. The molecule has 0 aromatic carbocycles. The molecular formula is C13H15N3O3S. The quantitative estimate of drug-likeness (QED) is 0.846. The Kier molecular flexibility index (Phi) is 3.45. The number of hydrogen-bond donors (Lipinski definition) is 2. The van der Waals surface area contributed by atoms with Crippen molar-refractivity contribution in [2.45, 2.75) is 31.5 Å². The molecule has 1 unspecified atom stereocenters. The van der Waals surface area contributed by atoms with Crippen LogP contribution in [-0.4, -0.2) is 22.1 Å². The fourth-order valence-electron chi connectivity index (χ4n) is 1.99. The first-order valence-electron chi connectivity index (χ1n) is 6.38. The maximum absolute atomic E-state index is 10.9. The van der Waals surface area contributed by atoms with Gasteiger partial charge in [0.2, 0.25) is 0 Å². The van der Waals surface area contributed by atoms with Gasteiger partial charge >= 0.3 is 5.97 Å². The van der Waals surface area contributed by atoms with E-state index in [9.17, 15) is 4.79 Å². The Balaban J connectivity index is 1.79. The van der Waals surface area contributed by atoms with Crippen molar-refractivity contribution in [1.82, 2.24) is 4.98 Å². The summed E-state index contributed by atoms with van der Waals surface area (Å²) in [4.78, 5) is 17.4. The first-order valence-corrected chi connectivity index (χ1v) is 7.26. The lowest BCUT2D eigenvalue weighted by Crippen LogP contribution is -2.25. The number of carboxylic acids is 1. The first kappa shape index (κ1) is 13.1. The van der Waals surface area contributed by atoms with Crippen LogP contribution in [0.5, 0.6) is 0 Å². The molecule has 3 N–H and O–H groups in total. The zero-order valence-corrected chi connectivity index (χ0v) is 11.5. The maximum atomic E-state index is 10.9. The van der Waals surface area contributed by atoms with E-state index < -0.39 is 12.0 Å². The van der Waals surface area contributed by atoms with E-state index in [1.54, 1.807) is 11.6 Å². The number of carbonyl (C=O) groups is 1. The highest BCUT2D eigenvalue weighted by Gasteiger charge is 2.32. The van der Waals surface area contributed by atoms with Crippen LogP contribution in [0.4, 0.5) is 5.13 Å². The van der Waals surface area contributed by atoms with Gasteiger partial charge in [-0.2, -0.15) is 0 Å². The third kappa shape index (κ3) is 2.68. The molecule has 106 valence electrons. The number of aromatic nitrogens is 1. The number of hydrogen-bond acceptors (Lipinski definition) is 6. The monoisotopic (exact) mass is 293 g/mol. The number of nitrogens with two attached hydrogens (primary N) is 1. The Morgan fingerprint density at radius 1 is 1.65 bits per heavy atom. The minimum absolute atomic E-state index is 0.405. The van der Waals surface area contributed by atoms with Gasteiger partial charge < -0.3 is 20.2 Å². The highest BCUT2D eigenvalue weighted by molar-refractivity contribution is 7.13. The molecule has 1 fully saturated rings. The molecule has 0 spiro atoms. The van der Waals surface area contributed by atoms with Crippen LogP contribution in [0, 0.1) is 0 Å². The molecule has 1 aliphatic rings. The van der Waals surface area contributed by atoms with E-state index in [1.165, 1.54) is 11.3 Å². The van der Waals surface area contributed by atoms with E-state index in [0.29, 0.717) is 18.3 Å². The Morgan fingerprint density at radius 3 is 3.05 bits per heavy atom. The minimum atomic E-state index is -1.07. The molecule has 1 aliphatic carbocycles. The molecule has 3 rings (SSSR count). The first-order chi connectivity index (χ1) is 9.65. The van der Waals surface area contributed by atoms with Crippen LogP contribution in [0.25, 0.3) is 0 Å². The molecule has 0 aliphatic heterocycles. The molecule has 2 aromatic rings. The fourth-order valence-corrected chi connectivity index (χ4v) is 2.92. The van der Waals surface area contributed by atoms with Gasteiger partial charge in [0.15, 0.2) is 5.13 Å². The van der Waals surface area contributed by atoms with Crippen molar-refractivity contribution >= 4 is 22.4 Å². The van der Waals surface area contributed by atoms with Gasteiger partial charge in [0.05, 0.1) is 18.5 Å². The lowest BCUT2D eigenvalue weighted by Gasteiger charge is -2.20. The van der Waals surface area contributed by atoms with Gasteiger partial charge in [-0.25, -0.2) is 4.98 Å². The highest BCUT2D eigenvalue weighted by Crippen LogP contribution is 2.35. The van der Waals surface area contributed by atoms with Crippen molar-refractivity contribution in [3.05, 3.63) is 35.2 Å². The Bertz CT molecular complexity index is 592. The van der Waals surface area contributed by atoms with Crippen LogP contribution in [-0.2, 0) is 11.3 Å². The molecule has 0 amide bonds. The van der Waals surface area contributed by atoms with E-state index in [1.807, 2.05) is 12.1 Å². The summed E-state index contributed by atoms with van der Waals surface area (Å²) in [7, 11) is 0. The second kappa shape index (κ2) is 5.26. The van der Waals surface area contributed by atoms with Crippen LogP contribution in [0.15, 0.2) is 28.2 Å². The average Bonchev–Trinajstić information content (AvgIpc) is 2.94. The normalized spacial score (nSPS) is 16.1. The number of thiazole rings is 1. The van der Waals surface area contributed by atoms with Gasteiger partial charge in [0.1, 0.15) is 11.8 Å². The molecule has 7 heteroatoms. The third-order valence-corrected chi connectivity index (χ3v) is 4.13. The van der Waals surface area contributed by atoms with Gasteiger partial charge in [-0.3, -0.25) is 4.79 Å². The molecule has 1 saturated carbocycles. The van der Waals surface area contributed by atoms with Crippen molar-refractivity contribution in [3.8, 4) is 0 Å². The topological polar surface area (TPSA) is 92.6 Å². The number of aliphatic carboxylic acids is 1. The fraction of sp³-hybridized carbons (Fsp3) is 0.385. The molecular weight excluding hydrogens is 278 g/mol. The highest BCUT2D eigenvalue weighted by atomic mass is 32.1. The van der Waals surface area contributed by atoms with E-state index in [0.717, 1.165) is 23.7 Å². The van der Waals surface area contributed by atoms with Crippen LogP contribution in [0.1, 0.15) is 30.3 Å². The summed E-state index contributed by atoms with van der Waals surface area (Å²) in [5.41, 5.74) is 5.99. The molecule has 2 aromatic heterocycles. The zero-order chi connectivity index (χ0) is 14.1. The van der Waals surface area contributed by atoms with E-state index in [-0.39, 0.29) is 0 Å². The predicted molar refractivity (Wildman–Crippen MR) is 74.6 cm³/mol. The second-order valence-corrected chi connectivity index (χ2v) is 5.65. The molecule has 0 bridgehead atoms. The maximum Gasteiger partial charge on any atom is 0.326 e. The molecule has 6 nitrogen and oxygen atoms in total. The SMILES string of the molecule is NC(C(=O)O)c1csc(N(Cc2ccco2)C2CC2)n1. The van der Waals surface area contributed by atoms with Crippen molar-refractivity contribution in [3.63, 3.8) is 0 Å². The second-order valence-electron chi connectivity index (χ2n) is 4.81. The Morgan fingerprint density at radius 2 is 2.45 bits per heavy atom. The predicted octanol–water partition coefficient (Wildman–Crippen LogP) is 1.99. The van der Waals surface area contributed by atoms with Crippen molar-refractivity contribution in [2.75, 3.05) is 4.90 Å². The molecule has 0 radical (unpaired) electrons. The minimum Gasteiger partial charge on any atom is -0.480 e. The number of rotatable bonds is 6. The number of carboxylic acid groups (broad SMARTS) is 1. The Labute approximate surface area is 119 Å². The summed E-state index contributed by atoms with van der Waals surface area (Å²) in [6, 6.07) is 3.17. The number of nitrogens with zero attached hydrogens (tertiary/aromatic N) is 2. The number of furan rings is 1. The van der Waals surface area contributed by atoms with E-state index in [4.69, 9.17) is 15.3 Å². The smallest absolute Gasteiger partial charge is 0.326 e. The van der Waals surface area contributed by atoms with Crippen molar-refractivity contribution in [1.29, 1.82) is 0 Å². The average molecular weight is 293 g/mol. The summed E-state index contributed by atoms with van der Waals surface area (Å²) in [6.07, 6.45) is 3.90. The summed E-state index contributed by atoms with van der Waals surface area (Å²) in [6.45, 7) is 0.646. The lowest BCUT2D eigenvalue weighted by molar-refractivity contribution is -0.138. The largest absolute Gasteiger partial charge is 0.480 e. The van der Waals surface area contributed by atoms with Crippen molar-refractivity contribution in [2.24, 2.45) is 5.73 Å². The third-order valence-electron chi connectivity index (χ3n) is 3.23. The standard InChI is InChI=1S/C13H15N3O3S/c14-11(12(17)18)10-7-20-13(15-10)16(8-3-4-8)6-9-2-1-5-19-9/h1-2,5,7-8,11H,3-4,6,14H2,(H,17,18). The van der Waals surface area contributed by atoms with Gasteiger partial charge in [0, 0.05) is 11.4 Å². The number of anilines is 1. The van der Waals surface area contributed by atoms with Gasteiger partial charge in [-0.1, -0.05) is 0 Å². The van der Waals surface area contributed by atoms with Crippen LogP contribution >= 0.6 is 11.3 Å². The van der Waals surface area contributed by atoms with Gasteiger partial charge in [0.25, 0.3) is 0 Å². The van der Waals surface area contributed by atoms with Crippen LogP contribution in [0.3, 0.4) is 0 Å². The van der Waals surface area contributed by atoms with Gasteiger partial charge in [-0.05, 0) is 25.0 Å². The molecule has 20 heavy (non-hydrogen) atoms. The van der Waals surface area contributed by atoms with Gasteiger partial charge in [-0.15, -0.1) is 11.3 Å². The molecule has 0 saturated heterocycles. The summed E-state index contributed by atoms with van der Waals surface area (Å²) in [5.74, 6) is -0.193.